The van der Waals surface area contributed by atoms with E-state index < -0.39 is 12.0 Å². The first-order valence-electron chi connectivity index (χ1n) is 7.60. The van der Waals surface area contributed by atoms with Crippen LogP contribution in [0.4, 0.5) is 0 Å². The number of hydrogen-bond acceptors (Lipinski definition) is 4. The molecule has 0 aromatic carbocycles. The molecule has 3 atom stereocenters. The largest absolute Gasteiger partial charge is 0.480 e. The van der Waals surface area contributed by atoms with Crippen molar-refractivity contribution in [2.24, 2.45) is 0 Å². The Bertz CT molecular complexity index is 346. The van der Waals surface area contributed by atoms with Crippen molar-refractivity contribution in [3.63, 3.8) is 0 Å². The van der Waals surface area contributed by atoms with E-state index in [2.05, 4.69) is 22.0 Å². The van der Waals surface area contributed by atoms with E-state index in [9.17, 15) is 9.90 Å². The van der Waals surface area contributed by atoms with Gasteiger partial charge in [0.25, 0.3) is 0 Å². The van der Waals surface area contributed by atoms with E-state index in [0.717, 1.165) is 25.9 Å². The average molecular weight is 267 g/mol. The Morgan fingerprint density at radius 3 is 2.84 bits per heavy atom. The summed E-state index contributed by atoms with van der Waals surface area (Å²) in [5.41, 5.74) is 0. The van der Waals surface area contributed by atoms with Gasteiger partial charge < -0.3 is 10.4 Å². The van der Waals surface area contributed by atoms with Crippen LogP contribution >= 0.6 is 0 Å². The molecule has 3 fully saturated rings. The van der Waals surface area contributed by atoms with Crippen molar-refractivity contribution >= 4 is 5.97 Å². The van der Waals surface area contributed by atoms with Crippen LogP contribution < -0.4 is 5.32 Å². The molecule has 2 N–H and O–H groups in total. The van der Waals surface area contributed by atoms with Crippen LogP contribution in [-0.4, -0.2) is 71.2 Å². The van der Waals surface area contributed by atoms with Gasteiger partial charge in [0.1, 0.15) is 6.04 Å². The van der Waals surface area contributed by atoms with Gasteiger partial charge in [0.05, 0.1) is 0 Å². The predicted molar refractivity (Wildman–Crippen MR) is 73.2 cm³/mol. The molecule has 0 radical (unpaired) electrons. The number of nitrogens with zero attached hydrogens (tertiary/aromatic N) is 2. The minimum atomic E-state index is -0.701. The number of carboxylic acids is 1. The van der Waals surface area contributed by atoms with E-state index in [-0.39, 0.29) is 0 Å². The lowest BCUT2D eigenvalue weighted by Gasteiger charge is -2.43. The summed E-state index contributed by atoms with van der Waals surface area (Å²) in [7, 11) is 0. The Hall–Kier alpha value is -0.650. The average Bonchev–Trinajstić information content (AvgIpc) is 3.06. The summed E-state index contributed by atoms with van der Waals surface area (Å²) in [6.45, 7) is 6.24. The Morgan fingerprint density at radius 1 is 1.37 bits per heavy atom. The predicted octanol–water partition coefficient (Wildman–Crippen LogP) is 0.360. The number of rotatable bonds is 5. The highest BCUT2D eigenvalue weighted by Crippen LogP contribution is 2.25. The third-order valence-electron chi connectivity index (χ3n) is 4.80. The molecule has 2 aliphatic heterocycles. The van der Waals surface area contributed by atoms with Crippen LogP contribution in [0.1, 0.15) is 32.6 Å². The van der Waals surface area contributed by atoms with Gasteiger partial charge in [0.2, 0.25) is 0 Å². The van der Waals surface area contributed by atoms with Crippen LogP contribution in [0.2, 0.25) is 0 Å². The number of fused-ring (bicyclic) bond motifs is 1. The van der Waals surface area contributed by atoms with Gasteiger partial charge in [-0.3, -0.25) is 14.6 Å². The van der Waals surface area contributed by atoms with Crippen LogP contribution in [0.3, 0.4) is 0 Å². The zero-order chi connectivity index (χ0) is 13.4. The molecule has 0 aromatic rings. The lowest BCUT2D eigenvalue weighted by atomic mass is 10.1. The molecule has 0 bridgehead atoms. The topological polar surface area (TPSA) is 55.8 Å². The van der Waals surface area contributed by atoms with Gasteiger partial charge >= 0.3 is 5.97 Å². The quantitative estimate of drug-likeness (QED) is 0.753. The number of carbonyl (C=O) groups is 1. The SMILES string of the molecule is CC1CN2CCCC2CN1CC(NC1CC1)C(=O)O. The van der Waals surface area contributed by atoms with E-state index in [4.69, 9.17) is 0 Å². The number of carboxylic acid groups (broad SMARTS) is 1. The third kappa shape index (κ3) is 3.09. The van der Waals surface area contributed by atoms with E-state index in [0.29, 0.717) is 24.7 Å². The molecule has 1 saturated carbocycles. The van der Waals surface area contributed by atoms with Crippen LogP contribution in [-0.2, 0) is 4.79 Å². The second-order valence-corrected chi connectivity index (χ2v) is 6.43. The highest BCUT2D eigenvalue weighted by atomic mass is 16.4. The molecule has 3 rings (SSSR count). The Labute approximate surface area is 114 Å². The highest BCUT2D eigenvalue weighted by molar-refractivity contribution is 5.73. The van der Waals surface area contributed by atoms with Crippen molar-refractivity contribution in [1.82, 2.24) is 15.1 Å². The normalized spacial score (nSPS) is 34.2. The zero-order valence-electron chi connectivity index (χ0n) is 11.7. The summed E-state index contributed by atoms with van der Waals surface area (Å²) in [6.07, 6.45) is 4.84. The molecule has 0 aromatic heterocycles. The molecular formula is C14H25N3O2. The lowest BCUT2D eigenvalue weighted by molar-refractivity contribution is -0.140. The number of aliphatic carboxylic acids is 1. The fraction of sp³-hybridized carbons (Fsp3) is 0.929. The van der Waals surface area contributed by atoms with E-state index >= 15 is 0 Å². The van der Waals surface area contributed by atoms with Crippen molar-refractivity contribution in [3.05, 3.63) is 0 Å². The summed E-state index contributed by atoms with van der Waals surface area (Å²) in [5, 5.41) is 12.6. The molecular weight excluding hydrogens is 242 g/mol. The maximum atomic E-state index is 11.4. The fourth-order valence-corrected chi connectivity index (χ4v) is 3.47. The van der Waals surface area contributed by atoms with Gasteiger partial charge in [-0.15, -0.1) is 0 Å². The molecule has 19 heavy (non-hydrogen) atoms. The van der Waals surface area contributed by atoms with Gasteiger partial charge in [-0.25, -0.2) is 0 Å². The van der Waals surface area contributed by atoms with Crippen LogP contribution in [0.15, 0.2) is 0 Å². The van der Waals surface area contributed by atoms with Crippen LogP contribution in [0.5, 0.6) is 0 Å². The maximum absolute atomic E-state index is 11.4. The first-order chi connectivity index (χ1) is 9.13. The third-order valence-corrected chi connectivity index (χ3v) is 4.80. The zero-order valence-corrected chi connectivity index (χ0v) is 11.7. The maximum Gasteiger partial charge on any atom is 0.322 e. The summed E-state index contributed by atoms with van der Waals surface area (Å²) in [5.74, 6) is -0.701. The van der Waals surface area contributed by atoms with Gasteiger partial charge in [0, 0.05) is 37.8 Å². The fourth-order valence-electron chi connectivity index (χ4n) is 3.47. The minimum absolute atomic E-state index is 0.400. The summed E-state index contributed by atoms with van der Waals surface area (Å²) < 4.78 is 0. The van der Waals surface area contributed by atoms with Gasteiger partial charge in [-0.2, -0.15) is 0 Å². The first kappa shape index (κ1) is 13.3. The Morgan fingerprint density at radius 2 is 2.16 bits per heavy atom. The Kier molecular flexibility index (Phi) is 3.78. The monoisotopic (exact) mass is 267 g/mol. The van der Waals surface area contributed by atoms with Gasteiger partial charge in [-0.1, -0.05) is 0 Å². The van der Waals surface area contributed by atoms with E-state index in [1.54, 1.807) is 0 Å². The number of hydrogen-bond donors (Lipinski definition) is 2. The van der Waals surface area contributed by atoms with Crippen molar-refractivity contribution < 1.29 is 9.90 Å². The molecule has 1 aliphatic carbocycles. The summed E-state index contributed by atoms with van der Waals surface area (Å²) in [6, 6.07) is 1.18. The van der Waals surface area contributed by atoms with Crippen molar-refractivity contribution in [3.8, 4) is 0 Å². The molecule has 3 unspecified atom stereocenters. The smallest absolute Gasteiger partial charge is 0.322 e. The Balaban J connectivity index is 1.58. The van der Waals surface area contributed by atoms with E-state index in [1.807, 2.05) is 0 Å². The van der Waals surface area contributed by atoms with Crippen LogP contribution in [0.25, 0.3) is 0 Å². The molecule has 3 aliphatic rings. The van der Waals surface area contributed by atoms with E-state index in [1.165, 1.54) is 19.4 Å². The first-order valence-corrected chi connectivity index (χ1v) is 7.60. The minimum Gasteiger partial charge on any atom is -0.480 e. The molecule has 2 heterocycles. The molecule has 0 amide bonds. The lowest BCUT2D eigenvalue weighted by Crippen LogP contribution is -2.58. The number of nitrogens with one attached hydrogen (secondary N) is 1. The molecule has 0 spiro atoms. The summed E-state index contributed by atoms with van der Waals surface area (Å²) in [4.78, 5) is 16.3. The van der Waals surface area contributed by atoms with Crippen molar-refractivity contribution in [2.45, 2.75) is 56.8 Å². The van der Waals surface area contributed by atoms with Crippen LogP contribution in [0, 0.1) is 0 Å². The molecule has 5 nitrogen and oxygen atoms in total. The second kappa shape index (κ2) is 5.38. The molecule has 108 valence electrons. The standard InChI is InChI=1S/C14H25N3O2/c1-10-7-16-6-2-3-12(16)8-17(10)9-13(14(18)19)15-11-4-5-11/h10-13,15H,2-9H2,1H3,(H,18,19). The molecule has 2 saturated heterocycles. The van der Waals surface area contributed by atoms with Gasteiger partial charge in [0.15, 0.2) is 0 Å². The number of piperazine rings is 1. The van der Waals surface area contributed by atoms with Crippen molar-refractivity contribution in [2.75, 3.05) is 26.2 Å². The van der Waals surface area contributed by atoms with Gasteiger partial charge in [-0.05, 0) is 39.2 Å². The molecule has 5 heteroatoms. The summed E-state index contributed by atoms with van der Waals surface area (Å²) >= 11 is 0. The highest BCUT2D eigenvalue weighted by Gasteiger charge is 2.37. The van der Waals surface area contributed by atoms with Crippen molar-refractivity contribution in [1.29, 1.82) is 0 Å². The second-order valence-electron chi connectivity index (χ2n) is 6.43.